The van der Waals surface area contributed by atoms with Gasteiger partial charge in [0.2, 0.25) is 0 Å². The Bertz CT molecular complexity index is 740. The molecule has 0 bridgehead atoms. The maximum atomic E-state index is 13.0. The van der Waals surface area contributed by atoms with Crippen molar-refractivity contribution in [1.82, 2.24) is 13.6 Å². The Morgan fingerprint density at radius 3 is 2.44 bits per heavy atom. The Morgan fingerprint density at radius 2 is 1.81 bits per heavy atom. The van der Waals surface area contributed by atoms with Crippen LogP contribution in [0.25, 0.3) is 0 Å². The summed E-state index contributed by atoms with van der Waals surface area (Å²) in [5.41, 5.74) is -0.788. The van der Waals surface area contributed by atoms with Gasteiger partial charge in [-0.2, -0.15) is 30.2 Å². The summed E-state index contributed by atoms with van der Waals surface area (Å²) >= 11 is 0. The van der Waals surface area contributed by atoms with Crippen molar-refractivity contribution < 1.29 is 21.6 Å². The number of piperidine rings is 1. The van der Waals surface area contributed by atoms with Crippen LogP contribution in [0.1, 0.15) is 38.2 Å². The van der Waals surface area contributed by atoms with E-state index in [4.69, 9.17) is 0 Å². The van der Waals surface area contributed by atoms with Crippen molar-refractivity contribution in [2.24, 2.45) is 0 Å². The predicted octanol–water partition coefficient (Wildman–Crippen LogP) is 2.73. The van der Waals surface area contributed by atoms with E-state index < -0.39 is 21.9 Å². The molecular weight excluding hydrogens is 381 g/mol. The number of halogens is 3. The second-order valence-electron chi connectivity index (χ2n) is 7.11. The van der Waals surface area contributed by atoms with Gasteiger partial charge in [0, 0.05) is 45.0 Å². The van der Waals surface area contributed by atoms with Crippen LogP contribution in [0.4, 0.5) is 19.0 Å². The third kappa shape index (κ3) is 4.55. The van der Waals surface area contributed by atoms with E-state index in [2.05, 4.69) is 4.98 Å². The molecule has 2 saturated heterocycles. The summed E-state index contributed by atoms with van der Waals surface area (Å²) in [6, 6.07) is 2.36. The zero-order chi connectivity index (χ0) is 19.7. The highest BCUT2D eigenvalue weighted by Gasteiger charge is 2.35. The number of aromatic nitrogens is 1. The van der Waals surface area contributed by atoms with Crippen molar-refractivity contribution in [2.45, 2.75) is 44.8 Å². The summed E-state index contributed by atoms with van der Waals surface area (Å²) < 4.78 is 67.1. The highest BCUT2D eigenvalue weighted by molar-refractivity contribution is 7.86. The number of nitrogens with zero attached hydrogens (tertiary/aromatic N) is 4. The molecule has 3 heterocycles. The topological polar surface area (TPSA) is 56.8 Å². The zero-order valence-corrected chi connectivity index (χ0v) is 16.1. The molecular formula is C17H25F3N4O2S. The van der Waals surface area contributed by atoms with Gasteiger partial charge in [-0.15, -0.1) is 0 Å². The van der Waals surface area contributed by atoms with Crippen LogP contribution in [0, 0.1) is 0 Å². The van der Waals surface area contributed by atoms with Crippen molar-refractivity contribution in [2.75, 3.05) is 37.6 Å². The molecule has 1 aromatic rings. The second kappa shape index (κ2) is 7.92. The first kappa shape index (κ1) is 20.3. The van der Waals surface area contributed by atoms with Gasteiger partial charge in [0.05, 0.1) is 5.56 Å². The molecule has 1 unspecified atom stereocenters. The standard InChI is InChI=1S/C17H25F3N4O2S/c1-14-5-2-3-10-24(14)27(25,26)23-9-4-8-22(11-12-23)16-7-6-15(13-21-16)17(18,19)20/h6-7,13-14H,2-5,8-12H2,1H3. The fourth-order valence-corrected chi connectivity index (χ4v) is 5.55. The van der Waals surface area contributed by atoms with Gasteiger partial charge in [0.1, 0.15) is 5.82 Å². The molecule has 152 valence electrons. The minimum absolute atomic E-state index is 0.000291. The van der Waals surface area contributed by atoms with Crippen LogP contribution in [0.5, 0.6) is 0 Å². The summed E-state index contributed by atoms with van der Waals surface area (Å²) in [6.45, 7) is 4.15. The minimum atomic E-state index is -4.42. The molecule has 2 fully saturated rings. The lowest BCUT2D eigenvalue weighted by atomic mass is 10.1. The molecule has 2 aliphatic rings. The van der Waals surface area contributed by atoms with Crippen molar-refractivity contribution in [3.63, 3.8) is 0 Å². The van der Waals surface area contributed by atoms with Gasteiger partial charge in [-0.25, -0.2) is 4.98 Å². The van der Waals surface area contributed by atoms with E-state index in [0.29, 0.717) is 45.0 Å². The molecule has 0 spiro atoms. The Morgan fingerprint density at radius 1 is 1.04 bits per heavy atom. The van der Waals surface area contributed by atoms with Crippen LogP contribution in [0.3, 0.4) is 0 Å². The lowest BCUT2D eigenvalue weighted by Gasteiger charge is -2.36. The lowest BCUT2D eigenvalue weighted by molar-refractivity contribution is -0.137. The van der Waals surface area contributed by atoms with Crippen LogP contribution in [0.2, 0.25) is 0 Å². The van der Waals surface area contributed by atoms with E-state index in [1.807, 2.05) is 11.8 Å². The summed E-state index contributed by atoms with van der Waals surface area (Å²) in [4.78, 5) is 5.77. The molecule has 0 saturated carbocycles. The van der Waals surface area contributed by atoms with Crippen LogP contribution in [0.15, 0.2) is 18.3 Å². The Labute approximate surface area is 158 Å². The van der Waals surface area contributed by atoms with Gasteiger partial charge in [0.25, 0.3) is 10.2 Å². The first-order chi connectivity index (χ1) is 12.7. The van der Waals surface area contributed by atoms with Crippen LogP contribution < -0.4 is 4.90 Å². The first-order valence-corrected chi connectivity index (χ1v) is 10.6. The second-order valence-corrected chi connectivity index (χ2v) is 8.99. The maximum Gasteiger partial charge on any atom is 0.417 e. The van der Waals surface area contributed by atoms with Gasteiger partial charge in [-0.3, -0.25) is 0 Å². The minimum Gasteiger partial charge on any atom is -0.355 e. The van der Waals surface area contributed by atoms with E-state index in [9.17, 15) is 21.6 Å². The van der Waals surface area contributed by atoms with Crippen LogP contribution >= 0.6 is 0 Å². The monoisotopic (exact) mass is 406 g/mol. The molecule has 0 N–H and O–H groups in total. The average molecular weight is 406 g/mol. The molecule has 1 atom stereocenters. The molecule has 3 rings (SSSR count). The van der Waals surface area contributed by atoms with Gasteiger partial charge in [0.15, 0.2) is 0 Å². The lowest BCUT2D eigenvalue weighted by Crippen LogP contribution is -2.50. The third-order valence-electron chi connectivity index (χ3n) is 5.22. The number of hydrogen-bond acceptors (Lipinski definition) is 4. The van der Waals surface area contributed by atoms with Crippen molar-refractivity contribution in [1.29, 1.82) is 0 Å². The van der Waals surface area contributed by atoms with E-state index in [-0.39, 0.29) is 6.04 Å². The summed E-state index contributed by atoms with van der Waals surface area (Å²) in [6.07, 6.45) is -0.205. The summed E-state index contributed by atoms with van der Waals surface area (Å²) in [5.74, 6) is 0.439. The molecule has 0 radical (unpaired) electrons. The maximum absolute atomic E-state index is 13.0. The van der Waals surface area contributed by atoms with Crippen molar-refractivity contribution in [3.8, 4) is 0 Å². The Balaban J connectivity index is 1.68. The van der Waals surface area contributed by atoms with E-state index in [0.717, 1.165) is 31.5 Å². The highest BCUT2D eigenvalue weighted by atomic mass is 32.2. The van der Waals surface area contributed by atoms with Crippen LogP contribution in [-0.2, 0) is 16.4 Å². The molecule has 0 aliphatic carbocycles. The normalized spacial score (nSPS) is 24.0. The highest BCUT2D eigenvalue weighted by Crippen LogP contribution is 2.30. The number of pyridine rings is 1. The quantitative estimate of drug-likeness (QED) is 0.775. The predicted molar refractivity (Wildman–Crippen MR) is 96.6 cm³/mol. The third-order valence-corrected chi connectivity index (χ3v) is 7.37. The molecule has 2 aliphatic heterocycles. The number of rotatable bonds is 3. The molecule has 0 aromatic carbocycles. The van der Waals surface area contributed by atoms with Gasteiger partial charge >= 0.3 is 6.18 Å². The number of hydrogen-bond donors (Lipinski definition) is 0. The number of anilines is 1. The molecule has 27 heavy (non-hydrogen) atoms. The van der Waals surface area contributed by atoms with Crippen molar-refractivity contribution >= 4 is 16.0 Å². The molecule has 6 nitrogen and oxygen atoms in total. The smallest absolute Gasteiger partial charge is 0.355 e. The zero-order valence-electron chi connectivity index (χ0n) is 15.3. The van der Waals surface area contributed by atoms with E-state index in [1.165, 1.54) is 10.4 Å². The van der Waals surface area contributed by atoms with Gasteiger partial charge in [-0.1, -0.05) is 6.42 Å². The van der Waals surface area contributed by atoms with Crippen LogP contribution in [-0.4, -0.2) is 60.8 Å². The SMILES string of the molecule is CC1CCCCN1S(=O)(=O)N1CCCN(c2ccc(C(F)(F)F)cn2)CC1. The summed E-state index contributed by atoms with van der Waals surface area (Å²) in [7, 11) is -3.52. The molecule has 0 amide bonds. The van der Waals surface area contributed by atoms with E-state index in [1.54, 1.807) is 4.31 Å². The Kier molecular flexibility index (Phi) is 5.97. The van der Waals surface area contributed by atoms with Gasteiger partial charge < -0.3 is 4.90 Å². The fourth-order valence-electron chi connectivity index (χ4n) is 3.66. The first-order valence-electron chi connectivity index (χ1n) is 9.25. The molecule has 10 heteroatoms. The fraction of sp³-hybridized carbons (Fsp3) is 0.706. The van der Waals surface area contributed by atoms with Crippen molar-refractivity contribution in [3.05, 3.63) is 23.9 Å². The Hall–Kier alpha value is -1.39. The summed E-state index contributed by atoms with van der Waals surface area (Å²) in [5, 5.41) is 0. The van der Waals surface area contributed by atoms with Gasteiger partial charge in [-0.05, 0) is 38.3 Å². The average Bonchev–Trinajstić information content (AvgIpc) is 2.88. The molecule has 1 aromatic heterocycles. The van der Waals surface area contributed by atoms with E-state index >= 15 is 0 Å². The number of alkyl halides is 3. The largest absolute Gasteiger partial charge is 0.417 e.